The first kappa shape index (κ1) is 37.9. The Kier molecular flexibility index (Phi) is 11.5. The van der Waals surface area contributed by atoms with E-state index in [1.54, 1.807) is 9.80 Å². The molecule has 0 bridgehead atoms. The largest absolute Gasteiger partial charge is 0.469 e. The summed E-state index contributed by atoms with van der Waals surface area (Å²) in [5.74, 6) is -0.506. The van der Waals surface area contributed by atoms with Crippen LogP contribution in [0.1, 0.15) is 81.9 Å². The monoisotopic (exact) mass is 729 g/mol. The van der Waals surface area contributed by atoms with Crippen LogP contribution in [-0.4, -0.2) is 77.5 Å². The second kappa shape index (κ2) is 15.5. The predicted molar refractivity (Wildman–Crippen MR) is 171 cm³/mol. The quantitative estimate of drug-likeness (QED) is 0.148. The van der Waals surface area contributed by atoms with Gasteiger partial charge in [-0.15, -0.1) is 0 Å². The number of piperidine rings is 1. The van der Waals surface area contributed by atoms with E-state index in [4.69, 9.17) is 14.2 Å². The molecule has 2 aromatic rings. The molecule has 2 amide bonds. The van der Waals surface area contributed by atoms with E-state index in [1.165, 1.54) is 24.4 Å². The number of esters is 1. The number of ether oxygens (including phenoxy) is 3. The molecule has 3 atom stereocenters. The van der Waals surface area contributed by atoms with Crippen molar-refractivity contribution in [1.29, 1.82) is 0 Å². The lowest BCUT2D eigenvalue weighted by Crippen LogP contribution is -2.57. The van der Waals surface area contributed by atoms with Crippen LogP contribution in [0.3, 0.4) is 0 Å². The van der Waals surface area contributed by atoms with Gasteiger partial charge in [-0.05, 0) is 75.1 Å². The fourth-order valence-electron chi connectivity index (χ4n) is 7.22. The highest BCUT2D eigenvalue weighted by atomic mass is 19.4. The minimum absolute atomic E-state index is 0.0328. The minimum atomic E-state index is -5.03. The van der Waals surface area contributed by atoms with Crippen molar-refractivity contribution in [2.24, 2.45) is 5.92 Å². The number of hydrogen-bond acceptors (Lipinski definition) is 9. The molecule has 3 fully saturated rings. The highest BCUT2D eigenvalue weighted by Crippen LogP contribution is 2.39. The summed E-state index contributed by atoms with van der Waals surface area (Å²) in [6, 6.07) is 0.174. The van der Waals surface area contributed by atoms with Gasteiger partial charge in [0, 0.05) is 24.7 Å². The Labute approximate surface area is 291 Å². The van der Waals surface area contributed by atoms with Crippen LogP contribution in [0.2, 0.25) is 0 Å². The number of alkyl halides is 6. The molecule has 280 valence electrons. The number of anilines is 2. The number of hydrogen-bond donors (Lipinski definition) is 0. The highest BCUT2D eigenvalue weighted by molar-refractivity contribution is 5.88. The number of aromatic nitrogens is 2. The van der Waals surface area contributed by atoms with Crippen LogP contribution in [0.25, 0.3) is 0 Å². The van der Waals surface area contributed by atoms with E-state index in [2.05, 4.69) is 9.97 Å². The molecule has 3 aliphatic rings. The molecule has 1 saturated carbocycles. The maximum absolute atomic E-state index is 13.8. The van der Waals surface area contributed by atoms with Crippen molar-refractivity contribution in [3.8, 4) is 0 Å². The number of nitrogens with zero attached hydrogens (tertiary/aromatic N) is 5. The van der Waals surface area contributed by atoms with Gasteiger partial charge in [-0.3, -0.25) is 9.69 Å². The Morgan fingerprint density at radius 3 is 1.96 bits per heavy atom. The molecule has 11 nitrogen and oxygen atoms in total. The highest BCUT2D eigenvalue weighted by Gasteiger charge is 2.43. The third-order valence-electron chi connectivity index (χ3n) is 9.90. The maximum atomic E-state index is 13.8. The molecule has 0 radical (unpaired) electrons. The Bertz CT molecular complexity index is 1500. The smallest absolute Gasteiger partial charge is 0.416 e. The number of likely N-dealkylation sites (tertiary alicyclic amines) is 1. The summed E-state index contributed by atoms with van der Waals surface area (Å²) >= 11 is 0. The Morgan fingerprint density at radius 1 is 0.922 bits per heavy atom. The molecule has 17 heteroatoms. The van der Waals surface area contributed by atoms with Crippen molar-refractivity contribution in [1.82, 2.24) is 14.9 Å². The van der Waals surface area contributed by atoms with E-state index in [-0.39, 0.29) is 60.8 Å². The number of cyclic esters (lactones) is 1. The van der Waals surface area contributed by atoms with Crippen LogP contribution in [0, 0.1) is 5.92 Å². The summed E-state index contributed by atoms with van der Waals surface area (Å²) in [4.78, 5) is 51.1. The minimum Gasteiger partial charge on any atom is -0.469 e. The molecule has 1 unspecified atom stereocenters. The molecule has 1 aliphatic carbocycles. The lowest BCUT2D eigenvalue weighted by molar-refractivity contribution is -0.147. The van der Waals surface area contributed by atoms with E-state index >= 15 is 0 Å². The van der Waals surface area contributed by atoms with E-state index in [0.717, 1.165) is 0 Å². The lowest BCUT2D eigenvalue weighted by atomic mass is 9.87. The summed E-state index contributed by atoms with van der Waals surface area (Å²) in [6.45, 7) is 3.79. The molecule has 1 aromatic heterocycles. The van der Waals surface area contributed by atoms with E-state index in [1.807, 2.05) is 13.8 Å². The van der Waals surface area contributed by atoms with Crippen LogP contribution in [0.5, 0.6) is 0 Å². The predicted octanol–water partition coefficient (Wildman–Crippen LogP) is 7.37. The summed E-state index contributed by atoms with van der Waals surface area (Å²) in [5, 5.41) is 0. The molecular formula is C34H41F6N5O6. The van der Waals surface area contributed by atoms with E-state index in [0.29, 0.717) is 69.2 Å². The average Bonchev–Trinajstić information content (AvgIpc) is 3.54. The van der Waals surface area contributed by atoms with Gasteiger partial charge in [0.15, 0.2) is 0 Å². The fourth-order valence-corrected chi connectivity index (χ4v) is 7.22. The zero-order valence-electron chi connectivity index (χ0n) is 28.5. The van der Waals surface area contributed by atoms with Crippen molar-refractivity contribution >= 4 is 29.8 Å². The Morgan fingerprint density at radius 2 is 1.49 bits per heavy atom. The molecule has 0 spiro atoms. The number of rotatable bonds is 9. The number of carbonyl (C=O) groups is 3. The number of halogens is 6. The zero-order chi connectivity index (χ0) is 37.1. The molecule has 5 rings (SSSR count). The standard InChI is InChI=1S/C34H41F6N5O6/c1-4-24-15-26(16-25(5-2)45(24)32(48)51-28-8-6-21(7-9-28)29(46)49-3)44(30-41-17-27(18-42-30)43-10-11-50-31(43)47)19-20-12-22(33(35,36)37)14-23(13-20)34(38,39)40/h12-14,17-18,21,24-26,28H,4-11,15-16,19H2,1-3H3/t21?,24-,25+,26?,28?. The SMILES string of the molecule is CC[C@@H]1CC(N(Cc2cc(C(F)(F)F)cc(C(F)(F)F)c2)c2ncc(N3CCOC3=O)cn2)C[C@H](CC)N1C(=O)OC1CCC(C(=O)OC)CC1. The van der Waals surface area contributed by atoms with Gasteiger partial charge in [-0.25, -0.2) is 19.6 Å². The van der Waals surface area contributed by atoms with Gasteiger partial charge in [0.05, 0.1) is 48.8 Å². The van der Waals surface area contributed by atoms with Crippen LogP contribution >= 0.6 is 0 Å². The number of amides is 2. The molecule has 2 aliphatic heterocycles. The first-order valence-electron chi connectivity index (χ1n) is 17.0. The van der Waals surface area contributed by atoms with Gasteiger partial charge in [-0.1, -0.05) is 13.8 Å². The number of carbonyl (C=O) groups excluding carboxylic acids is 3. The van der Waals surface area contributed by atoms with Crippen LogP contribution in [0.4, 0.5) is 47.6 Å². The molecular weight excluding hydrogens is 688 g/mol. The molecule has 2 saturated heterocycles. The van der Waals surface area contributed by atoms with Gasteiger partial charge in [0.2, 0.25) is 5.95 Å². The van der Waals surface area contributed by atoms with Gasteiger partial charge < -0.3 is 24.0 Å². The summed E-state index contributed by atoms with van der Waals surface area (Å²) < 4.78 is 98.6. The summed E-state index contributed by atoms with van der Waals surface area (Å²) in [6.07, 6.45) is -5.22. The number of methoxy groups -OCH3 is 1. The Balaban J connectivity index is 1.43. The fraction of sp³-hybridized carbons (Fsp3) is 0.618. The first-order valence-corrected chi connectivity index (χ1v) is 17.0. The van der Waals surface area contributed by atoms with Crippen molar-refractivity contribution in [3.05, 3.63) is 47.3 Å². The van der Waals surface area contributed by atoms with E-state index < -0.39 is 48.3 Å². The van der Waals surface area contributed by atoms with Crippen molar-refractivity contribution in [2.45, 2.75) is 108 Å². The summed E-state index contributed by atoms with van der Waals surface area (Å²) in [5.41, 5.74) is -2.81. The van der Waals surface area contributed by atoms with Gasteiger partial charge in [0.25, 0.3) is 0 Å². The average molecular weight is 730 g/mol. The molecule has 3 heterocycles. The van der Waals surface area contributed by atoms with Crippen LogP contribution in [0.15, 0.2) is 30.6 Å². The van der Waals surface area contributed by atoms with Crippen molar-refractivity contribution in [3.63, 3.8) is 0 Å². The van der Waals surface area contributed by atoms with Gasteiger partial charge in [0.1, 0.15) is 12.7 Å². The molecule has 0 N–H and O–H groups in total. The van der Waals surface area contributed by atoms with Crippen LogP contribution < -0.4 is 9.80 Å². The maximum Gasteiger partial charge on any atom is 0.416 e. The van der Waals surface area contributed by atoms with Crippen molar-refractivity contribution < 1.29 is 54.9 Å². The molecule has 51 heavy (non-hydrogen) atoms. The molecule has 1 aromatic carbocycles. The number of benzene rings is 1. The van der Waals surface area contributed by atoms with Crippen molar-refractivity contribution in [2.75, 3.05) is 30.1 Å². The third-order valence-corrected chi connectivity index (χ3v) is 9.90. The second-order valence-corrected chi connectivity index (χ2v) is 13.1. The lowest BCUT2D eigenvalue weighted by Gasteiger charge is -2.47. The second-order valence-electron chi connectivity index (χ2n) is 13.1. The third kappa shape index (κ3) is 8.78. The first-order chi connectivity index (χ1) is 24.1. The van der Waals surface area contributed by atoms with Gasteiger partial charge in [-0.2, -0.15) is 26.3 Å². The Hall–Kier alpha value is -4.31. The van der Waals surface area contributed by atoms with Crippen LogP contribution in [-0.2, 0) is 37.9 Å². The zero-order valence-corrected chi connectivity index (χ0v) is 28.5. The van der Waals surface area contributed by atoms with E-state index in [9.17, 15) is 40.7 Å². The summed E-state index contributed by atoms with van der Waals surface area (Å²) in [7, 11) is 1.34. The van der Waals surface area contributed by atoms with Gasteiger partial charge >= 0.3 is 30.5 Å². The topological polar surface area (TPSA) is 114 Å². The normalized spacial score (nSPS) is 24.3.